The van der Waals surface area contributed by atoms with Gasteiger partial charge < -0.3 is 9.64 Å². The summed E-state index contributed by atoms with van der Waals surface area (Å²) in [7, 11) is 3.69. The Labute approximate surface area is 109 Å². The number of aryl methyl sites for hydroxylation is 1. The molecule has 0 aliphatic heterocycles. The van der Waals surface area contributed by atoms with E-state index in [4.69, 9.17) is 4.74 Å². The third kappa shape index (κ3) is 3.24. The number of hydrogen-bond donors (Lipinski definition) is 0. The molecular formula is C11H15N3OS2. The summed E-state index contributed by atoms with van der Waals surface area (Å²) in [6.45, 7) is 3.47. The minimum absolute atomic E-state index is 0.475. The van der Waals surface area contributed by atoms with Gasteiger partial charge in [-0.05, 0) is 19.1 Å². The smallest absolute Gasteiger partial charge is 0.205 e. The summed E-state index contributed by atoms with van der Waals surface area (Å²) < 4.78 is 9.25. The van der Waals surface area contributed by atoms with Crippen LogP contribution in [-0.4, -0.2) is 23.5 Å². The first-order valence-corrected chi connectivity index (χ1v) is 6.86. The van der Waals surface area contributed by atoms with Gasteiger partial charge in [0.1, 0.15) is 6.61 Å². The van der Waals surface area contributed by atoms with Crippen LogP contribution in [0.25, 0.3) is 0 Å². The van der Waals surface area contributed by atoms with Gasteiger partial charge in [0.25, 0.3) is 0 Å². The van der Waals surface area contributed by atoms with Crippen molar-refractivity contribution in [3.05, 3.63) is 27.7 Å². The Kier molecular flexibility index (Phi) is 4.09. The number of aromatic nitrogens is 2. The Morgan fingerprint density at radius 1 is 1.41 bits per heavy atom. The molecule has 2 aromatic rings. The number of ether oxygens (including phenoxy) is 1. The number of rotatable bonds is 5. The molecule has 0 aromatic carbocycles. The fourth-order valence-corrected chi connectivity index (χ4v) is 3.03. The minimum atomic E-state index is 0.475. The van der Waals surface area contributed by atoms with Gasteiger partial charge in [-0.1, -0.05) is 0 Å². The zero-order chi connectivity index (χ0) is 12.3. The SMILES string of the molecule is COCc1nsc(N(C)Cc2ccc(C)s2)n1. The van der Waals surface area contributed by atoms with E-state index in [2.05, 4.69) is 33.3 Å². The second-order valence-corrected chi connectivity index (χ2v) is 5.90. The Morgan fingerprint density at radius 2 is 2.24 bits per heavy atom. The molecule has 2 aromatic heterocycles. The first-order chi connectivity index (χ1) is 8.19. The molecule has 17 heavy (non-hydrogen) atoms. The molecule has 0 saturated heterocycles. The van der Waals surface area contributed by atoms with Crippen molar-refractivity contribution in [2.75, 3.05) is 19.1 Å². The van der Waals surface area contributed by atoms with Gasteiger partial charge in [-0.2, -0.15) is 4.37 Å². The predicted octanol–water partition coefficient (Wildman–Crippen LogP) is 2.69. The maximum Gasteiger partial charge on any atom is 0.205 e. The van der Waals surface area contributed by atoms with Crippen LogP contribution >= 0.6 is 22.9 Å². The molecule has 2 rings (SSSR count). The van der Waals surface area contributed by atoms with Crippen LogP contribution in [-0.2, 0) is 17.9 Å². The van der Waals surface area contributed by atoms with Crippen LogP contribution in [0.1, 0.15) is 15.6 Å². The van der Waals surface area contributed by atoms with Crippen molar-refractivity contribution >= 4 is 28.0 Å². The van der Waals surface area contributed by atoms with Crippen LogP contribution in [0.3, 0.4) is 0 Å². The lowest BCUT2D eigenvalue weighted by atomic mass is 10.4. The second kappa shape index (κ2) is 5.57. The van der Waals surface area contributed by atoms with Crippen molar-refractivity contribution in [3.8, 4) is 0 Å². The highest BCUT2D eigenvalue weighted by atomic mass is 32.1. The van der Waals surface area contributed by atoms with Gasteiger partial charge in [-0.3, -0.25) is 0 Å². The normalized spacial score (nSPS) is 10.8. The topological polar surface area (TPSA) is 38.2 Å². The van der Waals surface area contributed by atoms with Gasteiger partial charge in [0.05, 0.1) is 6.54 Å². The minimum Gasteiger partial charge on any atom is -0.377 e. The lowest BCUT2D eigenvalue weighted by Crippen LogP contribution is -2.15. The number of anilines is 1. The molecule has 0 atom stereocenters. The third-order valence-electron chi connectivity index (χ3n) is 2.25. The van der Waals surface area contributed by atoms with Crippen molar-refractivity contribution in [3.63, 3.8) is 0 Å². The van der Waals surface area contributed by atoms with Gasteiger partial charge >= 0.3 is 0 Å². The van der Waals surface area contributed by atoms with Crippen molar-refractivity contribution in [1.82, 2.24) is 9.36 Å². The molecule has 0 aliphatic rings. The summed E-state index contributed by atoms with van der Waals surface area (Å²) in [6, 6.07) is 4.30. The van der Waals surface area contributed by atoms with E-state index in [1.165, 1.54) is 21.3 Å². The van der Waals surface area contributed by atoms with E-state index in [1.807, 2.05) is 18.4 Å². The van der Waals surface area contributed by atoms with Crippen LogP contribution in [0.5, 0.6) is 0 Å². The van der Waals surface area contributed by atoms with E-state index >= 15 is 0 Å². The molecule has 6 heteroatoms. The molecule has 0 aliphatic carbocycles. The Hall–Kier alpha value is -0.980. The Bertz CT molecular complexity index is 481. The predicted molar refractivity (Wildman–Crippen MR) is 71.8 cm³/mol. The Balaban J connectivity index is 2.01. The van der Waals surface area contributed by atoms with E-state index in [9.17, 15) is 0 Å². The largest absolute Gasteiger partial charge is 0.377 e. The lowest BCUT2D eigenvalue weighted by molar-refractivity contribution is 0.179. The average Bonchev–Trinajstić information content (AvgIpc) is 2.88. The molecular weight excluding hydrogens is 254 g/mol. The van der Waals surface area contributed by atoms with Gasteiger partial charge in [-0.15, -0.1) is 11.3 Å². The zero-order valence-corrected chi connectivity index (χ0v) is 11.8. The molecule has 0 unspecified atom stereocenters. The highest BCUT2D eigenvalue weighted by molar-refractivity contribution is 7.12. The van der Waals surface area contributed by atoms with E-state index < -0.39 is 0 Å². The van der Waals surface area contributed by atoms with Gasteiger partial charge in [0.2, 0.25) is 5.13 Å². The highest BCUT2D eigenvalue weighted by Gasteiger charge is 2.09. The van der Waals surface area contributed by atoms with Crippen LogP contribution in [0.15, 0.2) is 12.1 Å². The van der Waals surface area contributed by atoms with Gasteiger partial charge in [0.15, 0.2) is 5.82 Å². The van der Waals surface area contributed by atoms with Crippen LogP contribution < -0.4 is 4.90 Å². The number of hydrogen-bond acceptors (Lipinski definition) is 6. The number of thiophene rings is 1. The van der Waals surface area contributed by atoms with Gasteiger partial charge in [0, 0.05) is 35.4 Å². The van der Waals surface area contributed by atoms with Crippen LogP contribution in [0, 0.1) is 6.92 Å². The monoisotopic (exact) mass is 269 g/mol. The van der Waals surface area contributed by atoms with E-state index in [0.717, 1.165) is 17.5 Å². The highest BCUT2D eigenvalue weighted by Crippen LogP contribution is 2.22. The number of methoxy groups -OCH3 is 1. The standard InChI is InChI=1S/C11H15N3OS2/c1-8-4-5-9(16-8)6-14(2)11-12-10(7-15-3)13-17-11/h4-5H,6-7H2,1-3H3. The summed E-state index contributed by atoms with van der Waals surface area (Å²) in [5.41, 5.74) is 0. The maximum absolute atomic E-state index is 5.01. The Morgan fingerprint density at radius 3 is 2.88 bits per heavy atom. The van der Waals surface area contributed by atoms with E-state index in [0.29, 0.717) is 6.61 Å². The quantitative estimate of drug-likeness (QED) is 0.836. The average molecular weight is 269 g/mol. The first-order valence-electron chi connectivity index (χ1n) is 5.27. The second-order valence-electron chi connectivity index (χ2n) is 3.79. The van der Waals surface area contributed by atoms with Crippen LogP contribution in [0.4, 0.5) is 5.13 Å². The summed E-state index contributed by atoms with van der Waals surface area (Å²) in [5, 5.41) is 0.933. The molecule has 4 nitrogen and oxygen atoms in total. The van der Waals surface area contributed by atoms with Crippen molar-refractivity contribution in [1.29, 1.82) is 0 Å². The van der Waals surface area contributed by atoms with Crippen LogP contribution in [0.2, 0.25) is 0 Å². The first kappa shape index (κ1) is 12.5. The summed E-state index contributed by atoms with van der Waals surface area (Å²) in [6.07, 6.45) is 0. The molecule has 0 fully saturated rings. The van der Waals surface area contributed by atoms with Crippen molar-refractivity contribution < 1.29 is 4.74 Å². The molecule has 92 valence electrons. The van der Waals surface area contributed by atoms with Gasteiger partial charge in [-0.25, -0.2) is 4.98 Å². The van der Waals surface area contributed by atoms with Crippen molar-refractivity contribution in [2.24, 2.45) is 0 Å². The summed E-state index contributed by atoms with van der Waals surface area (Å²) in [4.78, 5) is 9.21. The summed E-state index contributed by atoms with van der Waals surface area (Å²) in [5.74, 6) is 0.752. The number of nitrogens with zero attached hydrogens (tertiary/aromatic N) is 3. The fraction of sp³-hybridized carbons (Fsp3) is 0.455. The maximum atomic E-state index is 5.01. The molecule has 0 amide bonds. The third-order valence-corrected chi connectivity index (χ3v) is 4.10. The fourth-order valence-electron chi connectivity index (χ4n) is 1.46. The molecule has 0 radical (unpaired) electrons. The molecule has 0 N–H and O–H groups in total. The van der Waals surface area contributed by atoms with E-state index in [-0.39, 0.29) is 0 Å². The molecule has 0 spiro atoms. The molecule has 2 heterocycles. The van der Waals surface area contributed by atoms with Crippen molar-refractivity contribution in [2.45, 2.75) is 20.1 Å². The molecule has 0 saturated carbocycles. The molecule has 0 bridgehead atoms. The van der Waals surface area contributed by atoms with E-state index in [1.54, 1.807) is 7.11 Å². The lowest BCUT2D eigenvalue weighted by Gasteiger charge is -2.13. The summed E-state index contributed by atoms with van der Waals surface area (Å²) >= 11 is 3.23. The zero-order valence-electron chi connectivity index (χ0n) is 10.1.